The monoisotopic (exact) mass is 243 g/mol. The number of rotatable bonds is 5. The zero-order chi connectivity index (χ0) is 13.1. The van der Waals surface area contributed by atoms with Crippen LogP contribution >= 0.6 is 0 Å². The van der Waals surface area contributed by atoms with Gasteiger partial charge in [-0.1, -0.05) is 33.6 Å². The van der Waals surface area contributed by atoms with Gasteiger partial charge in [-0.25, -0.2) is 0 Å². The first-order valence-electron chi connectivity index (χ1n) is 6.91. The van der Waals surface area contributed by atoms with Gasteiger partial charge in [0.05, 0.1) is 11.2 Å². The Kier molecular flexibility index (Phi) is 4.99. The molecule has 1 aliphatic rings. The largest absolute Gasteiger partial charge is 0.389 e. The molecule has 17 heavy (non-hydrogen) atoms. The van der Waals surface area contributed by atoms with E-state index in [0.29, 0.717) is 19.0 Å². The molecule has 3 heteroatoms. The highest BCUT2D eigenvalue weighted by Crippen LogP contribution is 2.31. The Hall–Kier alpha value is -0.120. The zero-order valence-corrected chi connectivity index (χ0v) is 11.8. The minimum Gasteiger partial charge on any atom is -0.389 e. The van der Waals surface area contributed by atoms with Crippen LogP contribution in [0.4, 0.5) is 0 Å². The van der Waals surface area contributed by atoms with Gasteiger partial charge < -0.3 is 15.5 Å². The van der Waals surface area contributed by atoms with Gasteiger partial charge in [-0.3, -0.25) is 0 Å². The summed E-state index contributed by atoms with van der Waals surface area (Å²) >= 11 is 0. The summed E-state index contributed by atoms with van der Waals surface area (Å²) in [4.78, 5) is 0. The quantitative estimate of drug-likeness (QED) is 0.691. The molecule has 102 valence electrons. The summed E-state index contributed by atoms with van der Waals surface area (Å²) in [5.74, 6) is 0.830. The molecule has 0 bridgehead atoms. The van der Waals surface area contributed by atoms with E-state index < -0.39 is 11.2 Å². The van der Waals surface area contributed by atoms with Crippen LogP contribution in [-0.4, -0.2) is 34.5 Å². The van der Waals surface area contributed by atoms with Gasteiger partial charge in [0.25, 0.3) is 0 Å². The molecule has 3 nitrogen and oxygen atoms in total. The van der Waals surface area contributed by atoms with Crippen LogP contribution in [0.15, 0.2) is 0 Å². The first-order valence-corrected chi connectivity index (χ1v) is 6.91. The van der Waals surface area contributed by atoms with Gasteiger partial charge in [-0.2, -0.15) is 0 Å². The predicted octanol–water partition coefficient (Wildman–Crippen LogP) is 1.92. The molecule has 0 aromatic carbocycles. The predicted molar refractivity (Wildman–Crippen MR) is 70.9 cm³/mol. The maximum absolute atomic E-state index is 10.4. The molecule has 0 spiro atoms. The Morgan fingerprint density at radius 3 is 2.65 bits per heavy atom. The van der Waals surface area contributed by atoms with Crippen molar-refractivity contribution in [3.05, 3.63) is 0 Å². The molecule has 0 saturated heterocycles. The van der Waals surface area contributed by atoms with Gasteiger partial charge in [0.1, 0.15) is 0 Å². The Morgan fingerprint density at radius 2 is 2.12 bits per heavy atom. The van der Waals surface area contributed by atoms with E-state index in [4.69, 9.17) is 0 Å². The molecule has 3 N–H and O–H groups in total. The molecule has 1 fully saturated rings. The Labute approximate surface area is 106 Å². The van der Waals surface area contributed by atoms with Gasteiger partial charge >= 0.3 is 0 Å². The molecular formula is C14H29NO2. The highest BCUT2D eigenvalue weighted by Gasteiger charge is 2.33. The van der Waals surface area contributed by atoms with Crippen LogP contribution in [0.5, 0.6) is 0 Å². The van der Waals surface area contributed by atoms with Crippen LogP contribution in [-0.2, 0) is 0 Å². The van der Waals surface area contributed by atoms with Gasteiger partial charge in [-0.05, 0) is 31.6 Å². The summed E-state index contributed by atoms with van der Waals surface area (Å²) in [5, 5.41) is 23.8. The molecule has 3 unspecified atom stereocenters. The van der Waals surface area contributed by atoms with Gasteiger partial charge in [0.2, 0.25) is 0 Å². The molecule has 1 rings (SSSR count). The van der Waals surface area contributed by atoms with Crippen LogP contribution in [0.1, 0.15) is 53.4 Å². The highest BCUT2D eigenvalue weighted by atomic mass is 16.3. The molecule has 1 saturated carbocycles. The summed E-state index contributed by atoms with van der Waals surface area (Å²) in [6.07, 6.45) is 4.10. The topological polar surface area (TPSA) is 52.5 Å². The Balaban J connectivity index is 2.35. The molecule has 1 aliphatic carbocycles. The first-order chi connectivity index (χ1) is 7.75. The number of hydrogen-bond donors (Lipinski definition) is 3. The second kappa shape index (κ2) is 5.68. The van der Waals surface area contributed by atoms with Crippen molar-refractivity contribution in [2.24, 2.45) is 11.8 Å². The minimum atomic E-state index is -0.698. The van der Waals surface area contributed by atoms with Crippen molar-refractivity contribution in [1.29, 1.82) is 0 Å². The summed E-state index contributed by atoms with van der Waals surface area (Å²) in [6.45, 7) is 9.21. The molecule has 3 atom stereocenters. The normalized spacial score (nSPS) is 33.7. The fraction of sp³-hybridized carbons (Fsp3) is 1.00. The van der Waals surface area contributed by atoms with E-state index in [1.165, 1.54) is 6.42 Å². The maximum Gasteiger partial charge on any atom is 0.0774 e. The Bertz CT molecular complexity index is 240. The average molecular weight is 243 g/mol. The smallest absolute Gasteiger partial charge is 0.0774 e. The number of aliphatic hydroxyl groups is 2. The molecule has 0 amide bonds. The maximum atomic E-state index is 10.4. The summed E-state index contributed by atoms with van der Waals surface area (Å²) in [7, 11) is 0. The summed E-state index contributed by atoms with van der Waals surface area (Å²) < 4.78 is 0. The van der Waals surface area contributed by atoms with Crippen molar-refractivity contribution in [3.8, 4) is 0 Å². The molecule has 0 aromatic rings. The van der Waals surface area contributed by atoms with Crippen molar-refractivity contribution in [2.75, 3.05) is 13.1 Å². The lowest BCUT2D eigenvalue weighted by molar-refractivity contribution is -0.0248. The van der Waals surface area contributed by atoms with Crippen LogP contribution in [0.25, 0.3) is 0 Å². The fourth-order valence-corrected chi connectivity index (χ4v) is 2.55. The second-order valence-electron chi connectivity index (χ2n) is 6.54. The molecule has 0 aromatic heterocycles. The second-order valence-corrected chi connectivity index (χ2v) is 6.54. The van der Waals surface area contributed by atoms with Crippen LogP contribution in [0.2, 0.25) is 0 Å². The molecule has 0 heterocycles. The van der Waals surface area contributed by atoms with Gasteiger partial charge in [-0.15, -0.1) is 0 Å². The van der Waals surface area contributed by atoms with E-state index in [1.807, 2.05) is 20.8 Å². The lowest BCUT2D eigenvalue weighted by atomic mass is 9.79. The minimum absolute atomic E-state index is 0.218. The third-order valence-electron chi connectivity index (χ3n) is 4.25. The van der Waals surface area contributed by atoms with Crippen molar-refractivity contribution < 1.29 is 10.2 Å². The molecule has 0 radical (unpaired) electrons. The highest BCUT2D eigenvalue weighted by molar-refractivity contribution is 4.88. The fourth-order valence-electron chi connectivity index (χ4n) is 2.55. The van der Waals surface area contributed by atoms with Crippen molar-refractivity contribution in [2.45, 2.75) is 64.6 Å². The van der Waals surface area contributed by atoms with Gasteiger partial charge in [0.15, 0.2) is 0 Å². The lowest BCUT2D eigenvalue weighted by Crippen LogP contribution is -2.49. The van der Waals surface area contributed by atoms with Crippen molar-refractivity contribution in [3.63, 3.8) is 0 Å². The standard InChI is InChI=1S/C14H29NO2/c1-11(2)13(4,16)9-15-10-14(17)7-5-6-12(3)8-14/h11-12,15-17H,5-10H2,1-4H3. The van der Waals surface area contributed by atoms with Crippen LogP contribution < -0.4 is 5.32 Å². The first kappa shape index (κ1) is 14.9. The van der Waals surface area contributed by atoms with Crippen LogP contribution in [0.3, 0.4) is 0 Å². The summed E-state index contributed by atoms with van der Waals surface area (Å²) in [6, 6.07) is 0. The molecular weight excluding hydrogens is 214 g/mol. The Morgan fingerprint density at radius 1 is 1.47 bits per heavy atom. The summed E-state index contributed by atoms with van der Waals surface area (Å²) in [5.41, 5.74) is -1.26. The van der Waals surface area contributed by atoms with E-state index in [0.717, 1.165) is 19.3 Å². The SMILES string of the molecule is CC1CCCC(O)(CNCC(C)(O)C(C)C)C1. The van der Waals surface area contributed by atoms with Gasteiger partial charge in [0, 0.05) is 13.1 Å². The van der Waals surface area contributed by atoms with E-state index in [-0.39, 0.29) is 5.92 Å². The van der Waals surface area contributed by atoms with E-state index in [9.17, 15) is 10.2 Å². The van der Waals surface area contributed by atoms with Crippen LogP contribution in [0, 0.1) is 11.8 Å². The number of hydrogen-bond acceptors (Lipinski definition) is 3. The zero-order valence-electron chi connectivity index (χ0n) is 11.8. The van der Waals surface area contributed by atoms with Crippen molar-refractivity contribution in [1.82, 2.24) is 5.32 Å². The van der Waals surface area contributed by atoms with Crippen molar-refractivity contribution >= 4 is 0 Å². The third-order valence-corrected chi connectivity index (χ3v) is 4.25. The van der Waals surface area contributed by atoms with E-state index in [2.05, 4.69) is 12.2 Å². The van der Waals surface area contributed by atoms with E-state index in [1.54, 1.807) is 0 Å². The average Bonchev–Trinajstić information content (AvgIpc) is 2.15. The lowest BCUT2D eigenvalue weighted by Gasteiger charge is -2.37. The number of nitrogens with one attached hydrogen (secondary N) is 1. The third kappa shape index (κ3) is 4.57. The molecule has 0 aliphatic heterocycles. The van der Waals surface area contributed by atoms with E-state index >= 15 is 0 Å².